The Kier molecular flexibility index (Phi) is 4.64. The van der Waals surface area contributed by atoms with Gasteiger partial charge in [0.05, 0.1) is 11.2 Å². The third-order valence-corrected chi connectivity index (χ3v) is 8.43. The van der Waals surface area contributed by atoms with E-state index in [0.717, 1.165) is 54.9 Å². The number of para-hydroxylation sites is 1. The standard InChI is InChI=1S/C39H23NO/c1-2-10-24(11-3-1)38-32-20-19-30-34-23-26(33-22-25-12-4-5-13-27(25)28-14-6-7-15-29(28)33)18-21-36(34)41-39(30)37(32)31-16-8-9-17-35(31)40-38/h1-23H. The summed E-state index contributed by atoms with van der Waals surface area (Å²) in [6.07, 6.45) is 0. The predicted octanol–water partition coefficient (Wildman–Crippen LogP) is 10.9. The van der Waals surface area contributed by atoms with Gasteiger partial charge in [0.25, 0.3) is 0 Å². The van der Waals surface area contributed by atoms with Gasteiger partial charge in [-0.05, 0) is 63.0 Å². The van der Waals surface area contributed by atoms with Crippen molar-refractivity contribution in [3.8, 4) is 22.4 Å². The lowest BCUT2D eigenvalue weighted by atomic mass is 9.92. The van der Waals surface area contributed by atoms with Gasteiger partial charge < -0.3 is 4.42 Å². The van der Waals surface area contributed by atoms with Crippen LogP contribution in [0.15, 0.2) is 144 Å². The molecule has 2 nitrogen and oxygen atoms in total. The predicted molar refractivity (Wildman–Crippen MR) is 172 cm³/mol. The van der Waals surface area contributed by atoms with Gasteiger partial charge in [-0.2, -0.15) is 0 Å². The molecule has 7 aromatic carbocycles. The number of hydrogen-bond acceptors (Lipinski definition) is 2. The summed E-state index contributed by atoms with van der Waals surface area (Å²) in [5.74, 6) is 0. The Morgan fingerprint density at radius 1 is 0.439 bits per heavy atom. The average molecular weight is 522 g/mol. The van der Waals surface area contributed by atoms with E-state index in [9.17, 15) is 0 Å². The smallest absolute Gasteiger partial charge is 0.144 e. The van der Waals surface area contributed by atoms with E-state index in [4.69, 9.17) is 9.40 Å². The molecule has 2 aromatic heterocycles. The molecule has 9 rings (SSSR count). The lowest BCUT2D eigenvalue weighted by Crippen LogP contribution is -1.89. The van der Waals surface area contributed by atoms with Crippen molar-refractivity contribution in [3.05, 3.63) is 140 Å². The number of hydrogen-bond donors (Lipinski definition) is 0. The number of benzene rings is 7. The van der Waals surface area contributed by atoms with E-state index in [1.807, 2.05) is 6.07 Å². The second kappa shape index (κ2) is 8.51. The van der Waals surface area contributed by atoms with Gasteiger partial charge in [-0.15, -0.1) is 0 Å². The van der Waals surface area contributed by atoms with Crippen molar-refractivity contribution in [2.45, 2.75) is 0 Å². The maximum Gasteiger partial charge on any atom is 0.144 e. The number of nitrogens with zero attached hydrogens (tertiary/aromatic N) is 1. The summed E-state index contributed by atoms with van der Waals surface area (Å²) in [4.78, 5) is 5.10. The zero-order valence-electron chi connectivity index (χ0n) is 22.1. The van der Waals surface area contributed by atoms with Gasteiger partial charge in [0.15, 0.2) is 0 Å². The van der Waals surface area contributed by atoms with Crippen LogP contribution in [0.25, 0.3) is 87.5 Å². The molecule has 0 N–H and O–H groups in total. The molecule has 0 saturated carbocycles. The van der Waals surface area contributed by atoms with Crippen molar-refractivity contribution < 1.29 is 4.42 Å². The summed E-state index contributed by atoms with van der Waals surface area (Å²) in [7, 11) is 0. The van der Waals surface area contributed by atoms with Crippen molar-refractivity contribution in [2.75, 3.05) is 0 Å². The quantitative estimate of drug-likeness (QED) is 0.211. The molecular formula is C39H23NO. The summed E-state index contributed by atoms with van der Waals surface area (Å²) in [6.45, 7) is 0. The highest BCUT2D eigenvalue weighted by Gasteiger charge is 2.18. The fourth-order valence-electron chi connectivity index (χ4n) is 6.54. The highest BCUT2D eigenvalue weighted by Crippen LogP contribution is 2.42. The van der Waals surface area contributed by atoms with Gasteiger partial charge in [-0.1, -0.05) is 109 Å². The summed E-state index contributed by atoms with van der Waals surface area (Å²) < 4.78 is 6.69. The Bertz CT molecular complexity index is 2470. The van der Waals surface area contributed by atoms with Gasteiger partial charge in [-0.25, -0.2) is 4.98 Å². The van der Waals surface area contributed by atoms with E-state index in [1.165, 1.54) is 32.7 Å². The summed E-state index contributed by atoms with van der Waals surface area (Å²) in [6, 6.07) is 49.5. The molecule has 0 fully saturated rings. The first-order chi connectivity index (χ1) is 20.3. The van der Waals surface area contributed by atoms with Crippen molar-refractivity contribution in [1.82, 2.24) is 4.98 Å². The van der Waals surface area contributed by atoms with E-state index in [2.05, 4.69) is 133 Å². The summed E-state index contributed by atoms with van der Waals surface area (Å²) in [5.41, 5.74) is 7.27. The first kappa shape index (κ1) is 22.4. The molecule has 0 aliphatic carbocycles. The van der Waals surface area contributed by atoms with Crippen LogP contribution in [0.3, 0.4) is 0 Å². The second-order valence-corrected chi connectivity index (χ2v) is 10.7. The number of furan rings is 1. The lowest BCUT2D eigenvalue weighted by Gasteiger charge is -2.11. The van der Waals surface area contributed by atoms with Gasteiger partial charge in [-0.3, -0.25) is 0 Å². The van der Waals surface area contributed by atoms with Crippen molar-refractivity contribution >= 4 is 65.2 Å². The van der Waals surface area contributed by atoms with Crippen LogP contribution in [-0.2, 0) is 0 Å². The largest absolute Gasteiger partial charge is 0.455 e. The van der Waals surface area contributed by atoms with E-state index in [-0.39, 0.29) is 0 Å². The van der Waals surface area contributed by atoms with Gasteiger partial charge >= 0.3 is 0 Å². The molecule has 0 aliphatic heterocycles. The highest BCUT2D eigenvalue weighted by atomic mass is 16.3. The molecule has 41 heavy (non-hydrogen) atoms. The van der Waals surface area contributed by atoms with Crippen LogP contribution in [0.1, 0.15) is 0 Å². The fraction of sp³-hybridized carbons (Fsp3) is 0. The zero-order valence-corrected chi connectivity index (χ0v) is 22.1. The number of fused-ring (bicyclic) bond motifs is 10. The number of rotatable bonds is 2. The van der Waals surface area contributed by atoms with Gasteiger partial charge in [0.1, 0.15) is 11.2 Å². The maximum absolute atomic E-state index is 6.69. The third-order valence-electron chi connectivity index (χ3n) is 8.43. The molecule has 0 saturated heterocycles. The minimum absolute atomic E-state index is 0.892. The molecular weight excluding hydrogens is 498 g/mol. The molecule has 190 valence electrons. The summed E-state index contributed by atoms with van der Waals surface area (Å²) in [5, 5.41) is 10.6. The molecule has 2 heteroatoms. The fourth-order valence-corrected chi connectivity index (χ4v) is 6.54. The van der Waals surface area contributed by atoms with E-state index >= 15 is 0 Å². The minimum atomic E-state index is 0.892. The molecule has 0 bridgehead atoms. The van der Waals surface area contributed by atoms with Crippen LogP contribution in [0, 0.1) is 0 Å². The molecule has 9 aromatic rings. The molecule has 0 aliphatic rings. The highest BCUT2D eigenvalue weighted by molar-refractivity contribution is 6.25. The zero-order chi connectivity index (χ0) is 26.9. The molecule has 0 spiro atoms. The minimum Gasteiger partial charge on any atom is -0.455 e. The Morgan fingerprint density at radius 2 is 1.15 bits per heavy atom. The van der Waals surface area contributed by atoms with Crippen LogP contribution in [0.5, 0.6) is 0 Å². The second-order valence-electron chi connectivity index (χ2n) is 10.7. The van der Waals surface area contributed by atoms with Crippen molar-refractivity contribution in [2.24, 2.45) is 0 Å². The molecule has 2 heterocycles. The summed E-state index contributed by atoms with van der Waals surface area (Å²) >= 11 is 0. The van der Waals surface area contributed by atoms with Crippen LogP contribution < -0.4 is 0 Å². The normalized spacial score (nSPS) is 11.9. The molecule has 0 atom stereocenters. The molecule has 0 amide bonds. The Balaban J connectivity index is 1.36. The van der Waals surface area contributed by atoms with Crippen LogP contribution >= 0.6 is 0 Å². The Labute approximate surface area is 236 Å². The molecule has 0 unspecified atom stereocenters. The van der Waals surface area contributed by atoms with Crippen LogP contribution in [0.4, 0.5) is 0 Å². The van der Waals surface area contributed by atoms with E-state index < -0.39 is 0 Å². The van der Waals surface area contributed by atoms with Crippen molar-refractivity contribution in [3.63, 3.8) is 0 Å². The monoisotopic (exact) mass is 521 g/mol. The van der Waals surface area contributed by atoms with E-state index in [0.29, 0.717) is 0 Å². The van der Waals surface area contributed by atoms with Gasteiger partial charge in [0, 0.05) is 32.5 Å². The van der Waals surface area contributed by atoms with E-state index in [1.54, 1.807) is 0 Å². The van der Waals surface area contributed by atoms with Crippen LogP contribution in [0.2, 0.25) is 0 Å². The first-order valence-electron chi connectivity index (χ1n) is 14.0. The number of pyridine rings is 1. The number of aromatic nitrogens is 1. The average Bonchev–Trinajstić information content (AvgIpc) is 3.42. The maximum atomic E-state index is 6.69. The van der Waals surface area contributed by atoms with Gasteiger partial charge in [0.2, 0.25) is 0 Å². The Morgan fingerprint density at radius 3 is 2.02 bits per heavy atom. The third kappa shape index (κ3) is 3.28. The first-order valence-corrected chi connectivity index (χ1v) is 14.0. The molecule has 0 radical (unpaired) electrons. The topological polar surface area (TPSA) is 26.0 Å². The SMILES string of the molecule is c1ccc(-c2nc3ccccc3c3c2ccc2c4cc(-c5cc6ccccc6c6ccccc56)ccc4oc23)cc1. The van der Waals surface area contributed by atoms with Crippen LogP contribution in [-0.4, -0.2) is 4.98 Å². The lowest BCUT2D eigenvalue weighted by molar-refractivity contribution is 0.673. The van der Waals surface area contributed by atoms with Crippen molar-refractivity contribution in [1.29, 1.82) is 0 Å². The Hall–Kier alpha value is -5.47.